The van der Waals surface area contributed by atoms with Crippen LogP contribution in [0.5, 0.6) is 0 Å². The Morgan fingerprint density at radius 1 is 1.08 bits per heavy atom. The lowest BCUT2D eigenvalue weighted by molar-refractivity contribution is 0.299. The molecule has 0 spiro atoms. The van der Waals surface area contributed by atoms with Crippen LogP contribution < -0.4 is 0 Å². The molecule has 3 aromatic rings. The van der Waals surface area contributed by atoms with Gasteiger partial charge in [-0.25, -0.2) is 4.68 Å². The Morgan fingerprint density at radius 3 is 2.35 bits per heavy atom. The third kappa shape index (κ3) is 3.72. The number of hydrogen-bond acceptors (Lipinski definition) is 2. The standard InChI is InChI=1S/C23H26N2O/c1-6-26-18(5)19-7-9-20(10-8-19)21-11-12-22(16(2)3)23(15-21)25-14-13-17(4)24-25/h7-16H,5-6H2,1-4H3. The molecule has 0 saturated heterocycles. The first kappa shape index (κ1) is 18.0. The summed E-state index contributed by atoms with van der Waals surface area (Å²) in [7, 11) is 0. The third-order valence-corrected chi connectivity index (χ3v) is 4.48. The summed E-state index contributed by atoms with van der Waals surface area (Å²) in [6.45, 7) is 13.0. The molecule has 0 atom stereocenters. The van der Waals surface area contributed by atoms with Crippen molar-refractivity contribution >= 4 is 5.76 Å². The van der Waals surface area contributed by atoms with E-state index in [1.807, 2.05) is 30.8 Å². The molecule has 0 N–H and O–H groups in total. The highest BCUT2D eigenvalue weighted by atomic mass is 16.5. The van der Waals surface area contributed by atoms with Crippen LogP contribution in [0.1, 0.15) is 43.5 Å². The van der Waals surface area contributed by atoms with E-state index >= 15 is 0 Å². The number of ether oxygens (including phenoxy) is 1. The average Bonchev–Trinajstić information content (AvgIpc) is 3.08. The first-order valence-corrected chi connectivity index (χ1v) is 9.08. The minimum Gasteiger partial charge on any atom is -0.494 e. The Bertz CT molecular complexity index is 904. The van der Waals surface area contributed by atoms with Crippen LogP contribution in [0.3, 0.4) is 0 Å². The highest BCUT2D eigenvalue weighted by Crippen LogP contribution is 2.29. The molecule has 3 heteroatoms. The number of hydrogen-bond donors (Lipinski definition) is 0. The van der Waals surface area contributed by atoms with E-state index in [-0.39, 0.29) is 0 Å². The second kappa shape index (κ2) is 7.61. The molecule has 0 radical (unpaired) electrons. The van der Waals surface area contributed by atoms with Crippen molar-refractivity contribution in [1.29, 1.82) is 0 Å². The molecule has 0 saturated carbocycles. The number of aromatic nitrogens is 2. The van der Waals surface area contributed by atoms with Crippen LogP contribution in [0.25, 0.3) is 22.6 Å². The first-order valence-electron chi connectivity index (χ1n) is 9.08. The van der Waals surface area contributed by atoms with Gasteiger partial charge in [-0.15, -0.1) is 0 Å². The average molecular weight is 346 g/mol. The second-order valence-electron chi connectivity index (χ2n) is 6.76. The third-order valence-electron chi connectivity index (χ3n) is 4.48. The maximum atomic E-state index is 5.49. The van der Waals surface area contributed by atoms with Gasteiger partial charge in [-0.2, -0.15) is 5.10 Å². The maximum Gasteiger partial charge on any atom is 0.119 e. The lowest BCUT2D eigenvalue weighted by Gasteiger charge is -2.15. The fraction of sp³-hybridized carbons (Fsp3) is 0.261. The zero-order valence-electron chi connectivity index (χ0n) is 16.0. The van der Waals surface area contributed by atoms with E-state index in [0.717, 1.165) is 16.9 Å². The molecule has 1 aromatic heterocycles. The van der Waals surface area contributed by atoms with Crippen molar-refractivity contribution in [3.8, 4) is 16.8 Å². The van der Waals surface area contributed by atoms with E-state index in [4.69, 9.17) is 4.74 Å². The Labute approximate surface area is 155 Å². The number of rotatable bonds is 6. The van der Waals surface area contributed by atoms with Gasteiger partial charge in [0.2, 0.25) is 0 Å². The summed E-state index contributed by atoms with van der Waals surface area (Å²) in [5.41, 5.74) is 6.79. The zero-order chi connectivity index (χ0) is 18.7. The van der Waals surface area contributed by atoms with Gasteiger partial charge in [0.25, 0.3) is 0 Å². The Morgan fingerprint density at radius 2 is 1.77 bits per heavy atom. The minimum absolute atomic E-state index is 0.431. The fourth-order valence-electron chi connectivity index (χ4n) is 3.07. The van der Waals surface area contributed by atoms with Crippen molar-refractivity contribution in [3.63, 3.8) is 0 Å². The first-order chi connectivity index (χ1) is 12.5. The topological polar surface area (TPSA) is 27.1 Å². The minimum atomic E-state index is 0.431. The van der Waals surface area contributed by atoms with Crippen LogP contribution in [0, 0.1) is 6.92 Å². The lowest BCUT2D eigenvalue weighted by atomic mass is 9.96. The van der Waals surface area contributed by atoms with Gasteiger partial charge in [0, 0.05) is 11.8 Å². The second-order valence-corrected chi connectivity index (χ2v) is 6.76. The van der Waals surface area contributed by atoms with Crippen molar-refractivity contribution in [2.45, 2.75) is 33.6 Å². The maximum absolute atomic E-state index is 5.49. The number of benzene rings is 2. The molecule has 1 heterocycles. The molecule has 134 valence electrons. The largest absolute Gasteiger partial charge is 0.494 e. The summed E-state index contributed by atoms with van der Waals surface area (Å²) in [5, 5.41) is 4.61. The normalized spacial score (nSPS) is 11.0. The molecule has 26 heavy (non-hydrogen) atoms. The highest BCUT2D eigenvalue weighted by Gasteiger charge is 2.11. The van der Waals surface area contributed by atoms with Crippen LogP contribution >= 0.6 is 0 Å². The molecule has 0 fully saturated rings. The number of aryl methyl sites for hydroxylation is 1. The highest BCUT2D eigenvalue weighted by molar-refractivity contribution is 5.70. The monoisotopic (exact) mass is 346 g/mol. The predicted molar refractivity (Wildman–Crippen MR) is 108 cm³/mol. The van der Waals surface area contributed by atoms with Gasteiger partial charge in [0.1, 0.15) is 5.76 Å². The van der Waals surface area contributed by atoms with Crippen molar-refractivity contribution in [3.05, 3.63) is 78.1 Å². The van der Waals surface area contributed by atoms with E-state index in [1.54, 1.807) is 0 Å². The van der Waals surface area contributed by atoms with E-state index in [9.17, 15) is 0 Å². The quantitative estimate of drug-likeness (QED) is 0.513. The van der Waals surface area contributed by atoms with Gasteiger partial charge in [0.05, 0.1) is 18.0 Å². The SMILES string of the molecule is C=C(OCC)c1ccc(-c2ccc(C(C)C)c(-n3ccc(C)n3)c2)cc1. The molecule has 0 aliphatic carbocycles. The molecule has 0 unspecified atom stereocenters. The van der Waals surface area contributed by atoms with Crippen molar-refractivity contribution in [2.24, 2.45) is 0 Å². The molecule has 2 aromatic carbocycles. The summed E-state index contributed by atoms with van der Waals surface area (Å²) >= 11 is 0. The van der Waals surface area contributed by atoms with Crippen LogP contribution in [0.4, 0.5) is 0 Å². The molecule has 3 rings (SSSR count). The van der Waals surface area contributed by atoms with Crippen molar-refractivity contribution in [1.82, 2.24) is 9.78 Å². The Hall–Kier alpha value is -2.81. The van der Waals surface area contributed by atoms with E-state index in [2.05, 4.69) is 68.0 Å². The van der Waals surface area contributed by atoms with Gasteiger partial charge < -0.3 is 4.74 Å². The van der Waals surface area contributed by atoms with Gasteiger partial charge in [-0.05, 0) is 48.6 Å². The van der Waals surface area contributed by atoms with E-state index in [0.29, 0.717) is 18.3 Å². The fourth-order valence-corrected chi connectivity index (χ4v) is 3.07. The van der Waals surface area contributed by atoms with Gasteiger partial charge in [0.15, 0.2) is 0 Å². The summed E-state index contributed by atoms with van der Waals surface area (Å²) in [4.78, 5) is 0. The van der Waals surface area contributed by atoms with E-state index in [1.165, 1.54) is 16.7 Å². The molecular weight excluding hydrogens is 320 g/mol. The predicted octanol–water partition coefficient (Wildman–Crippen LogP) is 5.98. The van der Waals surface area contributed by atoms with Crippen LogP contribution in [-0.4, -0.2) is 16.4 Å². The van der Waals surface area contributed by atoms with Gasteiger partial charge in [-0.3, -0.25) is 0 Å². The molecular formula is C23H26N2O. The molecule has 0 aliphatic rings. The molecule has 0 aliphatic heterocycles. The summed E-state index contributed by atoms with van der Waals surface area (Å²) in [6, 6.07) is 17.0. The molecule has 3 nitrogen and oxygen atoms in total. The molecule has 0 bridgehead atoms. The van der Waals surface area contributed by atoms with Crippen molar-refractivity contribution < 1.29 is 4.74 Å². The Balaban J connectivity index is 1.99. The summed E-state index contributed by atoms with van der Waals surface area (Å²) < 4.78 is 7.46. The van der Waals surface area contributed by atoms with Crippen LogP contribution in [-0.2, 0) is 4.74 Å². The molecule has 0 amide bonds. The van der Waals surface area contributed by atoms with Gasteiger partial charge >= 0.3 is 0 Å². The van der Waals surface area contributed by atoms with E-state index < -0.39 is 0 Å². The summed E-state index contributed by atoms with van der Waals surface area (Å²) in [6.07, 6.45) is 2.02. The van der Waals surface area contributed by atoms with Crippen molar-refractivity contribution in [2.75, 3.05) is 6.61 Å². The van der Waals surface area contributed by atoms with Crippen LogP contribution in [0.15, 0.2) is 61.3 Å². The van der Waals surface area contributed by atoms with Crippen LogP contribution in [0.2, 0.25) is 0 Å². The summed E-state index contributed by atoms with van der Waals surface area (Å²) in [5.74, 6) is 1.14. The number of nitrogens with zero attached hydrogens (tertiary/aromatic N) is 2. The van der Waals surface area contributed by atoms with Gasteiger partial charge in [-0.1, -0.05) is 56.8 Å². The lowest BCUT2D eigenvalue weighted by Crippen LogP contribution is -2.02. The zero-order valence-corrected chi connectivity index (χ0v) is 16.0. The Kier molecular flexibility index (Phi) is 5.27. The smallest absolute Gasteiger partial charge is 0.119 e.